The quantitative estimate of drug-likeness (QED) is 0.233. The molecule has 3 aromatic rings. The number of ether oxygens (including phenoxy) is 2. The van der Waals surface area contributed by atoms with Crippen molar-refractivity contribution in [3.63, 3.8) is 0 Å². The number of rotatable bonds is 10. The number of quaternary nitrogens is 1. The van der Waals surface area contributed by atoms with Crippen LogP contribution < -0.4 is 30.7 Å². The second-order valence-corrected chi connectivity index (χ2v) is 9.39. The van der Waals surface area contributed by atoms with Crippen molar-refractivity contribution in [1.29, 1.82) is 0 Å². The summed E-state index contributed by atoms with van der Waals surface area (Å²) in [6.45, 7) is 8.39. The van der Waals surface area contributed by atoms with E-state index in [0.29, 0.717) is 64.2 Å². The Kier molecular flexibility index (Phi) is 9.41. The molecule has 1 aliphatic heterocycles. The van der Waals surface area contributed by atoms with Crippen LogP contribution in [0.5, 0.6) is 11.5 Å². The maximum Gasteiger partial charge on any atom is 0.254 e. The average molecular weight is 559 g/mol. The molecule has 0 saturated heterocycles. The molecule has 3 aromatic carbocycles. The van der Waals surface area contributed by atoms with Gasteiger partial charge in [0.2, 0.25) is 0 Å². The van der Waals surface area contributed by atoms with Gasteiger partial charge in [0.1, 0.15) is 11.5 Å². The lowest BCUT2D eigenvalue weighted by atomic mass is 9.79. The van der Waals surface area contributed by atoms with E-state index in [1.54, 1.807) is 74.5 Å². The van der Waals surface area contributed by atoms with Crippen molar-refractivity contribution in [2.24, 2.45) is 0 Å². The van der Waals surface area contributed by atoms with Crippen LogP contribution in [-0.4, -0.2) is 30.2 Å². The van der Waals surface area contributed by atoms with Gasteiger partial charge in [-0.3, -0.25) is 9.59 Å². The largest absolute Gasteiger partial charge is 0.595 e. The number of carbonyl (C=O) groups excluding carboxylic acids is 2. The lowest BCUT2D eigenvalue weighted by Crippen LogP contribution is -2.99. The Morgan fingerprint density at radius 1 is 0.780 bits per heavy atom. The normalized spacial score (nSPS) is 14.3. The molecule has 1 heterocycles. The van der Waals surface area contributed by atoms with Gasteiger partial charge in [0.25, 0.3) is 11.8 Å². The fourth-order valence-corrected chi connectivity index (χ4v) is 4.75. The van der Waals surface area contributed by atoms with Crippen molar-refractivity contribution in [2.45, 2.75) is 33.6 Å². The topological polar surface area (TPSA) is 136 Å². The number of hydrogen-bond acceptors (Lipinski definition) is 7. The van der Waals surface area contributed by atoms with Gasteiger partial charge in [0.05, 0.1) is 13.2 Å². The number of amides is 2. The van der Waals surface area contributed by atoms with Crippen LogP contribution >= 0.6 is 0 Å². The summed E-state index contributed by atoms with van der Waals surface area (Å²) in [4.78, 5) is 27.6. The Morgan fingerprint density at radius 3 is 1.56 bits per heavy atom. The summed E-state index contributed by atoms with van der Waals surface area (Å²) in [6, 6.07) is 20.2. The van der Waals surface area contributed by atoms with Crippen LogP contribution in [0.25, 0.3) is 0 Å². The minimum absolute atomic E-state index is 0.102. The molecule has 214 valence electrons. The van der Waals surface area contributed by atoms with Crippen molar-refractivity contribution >= 4 is 28.9 Å². The van der Waals surface area contributed by atoms with Gasteiger partial charge < -0.3 is 30.6 Å². The van der Waals surface area contributed by atoms with Crippen molar-refractivity contribution < 1.29 is 29.5 Å². The SMILES string of the molecule is CCOc1ccc(NC(=O)C2=C(C)NC(C)=C(C(=O)Nc3ccc(OCC)cc3)C2c2ccc([NH+]([O-])O)cc2)cc1. The van der Waals surface area contributed by atoms with Crippen LogP contribution in [0.2, 0.25) is 0 Å². The molecular weight excluding hydrogens is 524 g/mol. The van der Waals surface area contributed by atoms with E-state index in [1.807, 2.05) is 13.8 Å². The van der Waals surface area contributed by atoms with Gasteiger partial charge in [-0.15, -0.1) is 0 Å². The van der Waals surface area contributed by atoms with Gasteiger partial charge in [-0.2, -0.15) is 5.23 Å². The zero-order valence-corrected chi connectivity index (χ0v) is 23.4. The van der Waals surface area contributed by atoms with Crippen LogP contribution in [-0.2, 0) is 9.59 Å². The zero-order chi connectivity index (χ0) is 29.5. The van der Waals surface area contributed by atoms with Gasteiger partial charge in [0, 0.05) is 52.0 Å². The molecule has 1 atom stereocenters. The highest BCUT2D eigenvalue weighted by molar-refractivity contribution is 6.11. The molecule has 4 rings (SSSR count). The van der Waals surface area contributed by atoms with Crippen molar-refractivity contribution in [3.8, 4) is 11.5 Å². The number of dihydropyridines is 1. The van der Waals surface area contributed by atoms with Crippen LogP contribution in [0.3, 0.4) is 0 Å². The molecular formula is C31H34N4O6. The summed E-state index contributed by atoms with van der Waals surface area (Å²) in [6.07, 6.45) is 0. The minimum atomic E-state index is -1.07. The summed E-state index contributed by atoms with van der Waals surface area (Å²) in [5.74, 6) is -0.202. The maximum absolute atomic E-state index is 13.8. The van der Waals surface area contributed by atoms with Gasteiger partial charge >= 0.3 is 0 Å². The first kappa shape index (κ1) is 29.3. The van der Waals surface area contributed by atoms with Gasteiger partial charge in [-0.1, -0.05) is 12.1 Å². The van der Waals surface area contributed by atoms with Crippen LogP contribution in [0, 0.1) is 5.21 Å². The molecule has 5 N–H and O–H groups in total. The Hall–Kier alpha value is -4.64. The van der Waals surface area contributed by atoms with Crippen LogP contribution in [0.15, 0.2) is 95.3 Å². The average Bonchev–Trinajstić information content (AvgIpc) is 2.95. The molecule has 0 aliphatic carbocycles. The van der Waals surface area contributed by atoms with E-state index in [1.165, 1.54) is 12.1 Å². The molecule has 0 spiro atoms. The minimum Gasteiger partial charge on any atom is -0.595 e. The Labute approximate surface area is 238 Å². The van der Waals surface area contributed by atoms with Gasteiger partial charge in [0.15, 0.2) is 5.69 Å². The molecule has 41 heavy (non-hydrogen) atoms. The zero-order valence-electron chi connectivity index (χ0n) is 23.4. The molecule has 2 amide bonds. The standard InChI is InChI=1S/C31H34N4O6/c1-5-40-25-15-9-22(10-16-25)33-30(36)27-19(3)32-20(4)28(29(27)21-7-13-24(14-8-21)35(38)39)31(37)34-23-11-17-26(18-12-23)41-6-2/h7-18,29,32,35,38H,5-6H2,1-4H3,(H,33,36)(H,34,37). The molecule has 0 bridgehead atoms. The summed E-state index contributed by atoms with van der Waals surface area (Å²) >= 11 is 0. The van der Waals surface area contributed by atoms with E-state index in [2.05, 4.69) is 16.0 Å². The number of allylic oxidation sites excluding steroid dienone is 2. The Morgan fingerprint density at radius 2 is 1.20 bits per heavy atom. The lowest BCUT2D eigenvalue weighted by Gasteiger charge is -2.31. The first-order chi connectivity index (χ1) is 19.7. The summed E-state index contributed by atoms with van der Waals surface area (Å²) in [7, 11) is 0. The van der Waals surface area contributed by atoms with Crippen molar-refractivity contribution in [2.75, 3.05) is 23.8 Å². The summed E-state index contributed by atoms with van der Waals surface area (Å²) in [5.41, 5.74) is 3.66. The molecule has 10 nitrogen and oxygen atoms in total. The van der Waals surface area contributed by atoms with Crippen LogP contribution in [0.1, 0.15) is 39.2 Å². The number of nitrogens with one attached hydrogen (secondary N) is 4. The van der Waals surface area contributed by atoms with E-state index in [9.17, 15) is 20.0 Å². The Bertz CT molecular complexity index is 1360. The number of carbonyl (C=O) groups is 2. The predicted molar refractivity (Wildman–Crippen MR) is 156 cm³/mol. The van der Waals surface area contributed by atoms with Crippen molar-refractivity contribution in [1.82, 2.24) is 5.32 Å². The number of hydrogen-bond donors (Lipinski definition) is 5. The highest BCUT2D eigenvalue weighted by Gasteiger charge is 2.36. The van der Waals surface area contributed by atoms with E-state index in [4.69, 9.17) is 9.47 Å². The van der Waals surface area contributed by atoms with Gasteiger partial charge in [-0.25, -0.2) is 5.21 Å². The smallest absolute Gasteiger partial charge is 0.254 e. The Balaban J connectivity index is 1.70. The molecule has 10 heteroatoms. The molecule has 1 aliphatic rings. The third-order valence-corrected chi connectivity index (χ3v) is 6.59. The molecule has 0 radical (unpaired) electrons. The van der Waals surface area contributed by atoms with Crippen LogP contribution in [0.4, 0.5) is 17.1 Å². The lowest BCUT2D eigenvalue weighted by molar-refractivity contribution is -0.991. The second-order valence-electron chi connectivity index (χ2n) is 9.39. The monoisotopic (exact) mass is 558 g/mol. The third-order valence-electron chi connectivity index (χ3n) is 6.59. The van der Waals surface area contributed by atoms with E-state index in [-0.39, 0.29) is 5.69 Å². The van der Waals surface area contributed by atoms with E-state index in [0.717, 1.165) is 0 Å². The predicted octanol–water partition coefficient (Wildman–Crippen LogP) is 4.40. The summed E-state index contributed by atoms with van der Waals surface area (Å²) < 4.78 is 11.0. The van der Waals surface area contributed by atoms with Crippen molar-refractivity contribution in [3.05, 3.63) is 106 Å². The molecule has 0 fully saturated rings. The first-order valence-corrected chi connectivity index (χ1v) is 13.3. The fourth-order valence-electron chi connectivity index (χ4n) is 4.75. The molecule has 0 saturated carbocycles. The molecule has 1 unspecified atom stereocenters. The fraction of sp³-hybridized carbons (Fsp3) is 0.226. The maximum atomic E-state index is 13.8. The highest BCUT2D eigenvalue weighted by Crippen LogP contribution is 2.39. The first-order valence-electron chi connectivity index (χ1n) is 13.3. The molecule has 0 aromatic heterocycles. The summed E-state index contributed by atoms with van der Waals surface area (Å²) in [5, 5.41) is 28.9. The number of benzene rings is 3. The van der Waals surface area contributed by atoms with Gasteiger partial charge in [-0.05, 0) is 81.8 Å². The second kappa shape index (κ2) is 13.1. The highest BCUT2D eigenvalue weighted by atomic mass is 16.8. The number of anilines is 2. The van der Waals surface area contributed by atoms with E-state index >= 15 is 0 Å². The third kappa shape index (κ3) is 6.93. The van der Waals surface area contributed by atoms with E-state index < -0.39 is 23.0 Å².